The summed E-state index contributed by atoms with van der Waals surface area (Å²) in [5, 5.41) is 12.0. The zero-order chi connectivity index (χ0) is 17.9. The number of hydrogen-bond donors (Lipinski definition) is 2. The van der Waals surface area contributed by atoms with E-state index in [0.29, 0.717) is 31.8 Å². The largest absolute Gasteiger partial charge is 0.481 e. The van der Waals surface area contributed by atoms with Crippen LogP contribution in [0.5, 0.6) is 0 Å². The van der Waals surface area contributed by atoms with Crippen molar-refractivity contribution in [2.75, 3.05) is 30.4 Å². The van der Waals surface area contributed by atoms with Gasteiger partial charge in [-0.25, -0.2) is 0 Å². The van der Waals surface area contributed by atoms with Gasteiger partial charge >= 0.3 is 5.97 Å². The van der Waals surface area contributed by atoms with E-state index in [1.54, 1.807) is 0 Å². The fourth-order valence-electron chi connectivity index (χ4n) is 3.20. The van der Waals surface area contributed by atoms with E-state index >= 15 is 0 Å². The van der Waals surface area contributed by atoms with Crippen LogP contribution in [0.4, 0.5) is 5.69 Å². The van der Waals surface area contributed by atoms with Gasteiger partial charge in [-0.2, -0.15) is 0 Å². The number of carboxylic acids is 1. The number of thioether (sulfide) groups is 1. The molecule has 0 spiro atoms. The van der Waals surface area contributed by atoms with E-state index in [0.717, 1.165) is 10.6 Å². The number of carbonyl (C=O) groups excluding carboxylic acids is 2. The van der Waals surface area contributed by atoms with Crippen LogP contribution in [-0.4, -0.2) is 53.9 Å². The van der Waals surface area contributed by atoms with Crippen LogP contribution in [-0.2, 0) is 19.1 Å². The molecule has 2 heterocycles. The minimum Gasteiger partial charge on any atom is -0.481 e. The molecule has 1 aromatic rings. The number of nitrogens with one attached hydrogen (secondary N) is 1. The Labute approximate surface area is 149 Å². The van der Waals surface area contributed by atoms with E-state index < -0.39 is 11.5 Å². The van der Waals surface area contributed by atoms with Crippen LogP contribution in [0.25, 0.3) is 0 Å². The molecule has 1 aromatic carbocycles. The van der Waals surface area contributed by atoms with Crippen molar-refractivity contribution in [1.82, 2.24) is 5.32 Å². The second kappa shape index (κ2) is 7.45. The number of nitrogens with zero attached hydrogens (tertiary/aromatic N) is 1. The molecule has 1 saturated heterocycles. The average molecular weight is 364 g/mol. The Hall–Kier alpha value is -2.06. The first-order valence-electron chi connectivity index (χ1n) is 8.12. The highest BCUT2D eigenvalue weighted by atomic mass is 32.2. The Morgan fingerprint density at radius 2 is 2.00 bits per heavy atom. The lowest BCUT2D eigenvalue weighted by atomic mass is 9.86. The molecule has 2 aliphatic rings. The maximum atomic E-state index is 12.6. The predicted molar refractivity (Wildman–Crippen MR) is 92.7 cm³/mol. The minimum absolute atomic E-state index is 0.112. The molecule has 0 aliphatic carbocycles. The maximum absolute atomic E-state index is 12.6. The number of carboxylic acid groups (broad SMARTS) is 1. The van der Waals surface area contributed by atoms with Gasteiger partial charge in [0.05, 0.1) is 23.4 Å². The third kappa shape index (κ3) is 4.13. The quantitative estimate of drug-likeness (QED) is 0.817. The molecule has 8 heteroatoms. The molecule has 0 saturated carbocycles. The number of aliphatic carboxylic acids is 1. The Kier molecular flexibility index (Phi) is 5.29. The minimum atomic E-state index is -0.960. The molecule has 3 rings (SSSR count). The molecule has 0 atom stereocenters. The molecule has 0 aromatic heterocycles. The lowest BCUT2D eigenvalue weighted by Gasteiger charge is -2.37. The van der Waals surface area contributed by atoms with Crippen molar-refractivity contribution >= 4 is 35.2 Å². The topological polar surface area (TPSA) is 95.9 Å². The molecule has 0 radical (unpaired) electrons. The van der Waals surface area contributed by atoms with Gasteiger partial charge in [0, 0.05) is 18.1 Å². The van der Waals surface area contributed by atoms with Gasteiger partial charge in [0.2, 0.25) is 11.8 Å². The molecule has 2 aliphatic heterocycles. The van der Waals surface area contributed by atoms with Crippen molar-refractivity contribution in [3.63, 3.8) is 0 Å². The van der Waals surface area contributed by atoms with E-state index in [1.165, 1.54) is 16.7 Å². The molecule has 134 valence electrons. The third-order valence-electron chi connectivity index (χ3n) is 4.45. The van der Waals surface area contributed by atoms with Gasteiger partial charge in [0.1, 0.15) is 6.54 Å². The number of anilines is 1. The summed E-state index contributed by atoms with van der Waals surface area (Å²) in [6.07, 6.45) is 0.749. The zero-order valence-electron chi connectivity index (χ0n) is 13.7. The molecule has 0 bridgehead atoms. The second-order valence-corrected chi connectivity index (χ2v) is 7.26. The predicted octanol–water partition coefficient (Wildman–Crippen LogP) is 1.27. The SMILES string of the molecule is O=C(O)CC1(NC(=O)CN2C(=O)CSc3ccccc32)CCOCC1. The monoisotopic (exact) mass is 364 g/mol. The Balaban J connectivity index is 1.73. The van der Waals surface area contributed by atoms with Crippen LogP contribution in [0, 0.1) is 0 Å². The zero-order valence-corrected chi connectivity index (χ0v) is 14.5. The van der Waals surface area contributed by atoms with Crippen LogP contribution in [0.3, 0.4) is 0 Å². The highest BCUT2D eigenvalue weighted by molar-refractivity contribution is 8.00. The summed E-state index contributed by atoms with van der Waals surface area (Å²) in [5.41, 5.74) is -0.0907. The first kappa shape index (κ1) is 17.8. The van der Waals surface area contributed by atoms with Crippen LogP contribution >= 0.6 is 11.8 Å². The summed E-state index contributed by atoms with van der Waals surface area (Å²) in [5.74, 6) is -1.15. The first-order chi connectivity index (χ1) is 12.0. The number of hydrogen-bond acceptors (Lipinski definition) is 5. The standard InChI is InChI=1S/C17H20N2O5S/c20-14(18-17(9-16(22)23)5-7-24-8-6-17)10-19-12-3-1-2-4-13(12)25-11-15(19)21/h1-4H,5-11H2,(H,18,20)(H,22,23). The molecule has 2 N–H and O–H groups in total. The fourth-order valence-corrected chi connectivity index (χ4v) is 4.14. The van der Waals surface area contributed by atoms with Gasteiger partial charge < -0.3 is 20.1 Å². The van der Waals surface area contributed by atoms with Crippen molar-refractivity contribution in [2.45, 2.75) is 29.7 Å². The van der Waals surface area contributed by atoms with Gasteiger partial charge in [-0.05, 0) is 25.0 Å². The number of amides is 2. The third-order valence-corrected chi connectivity index (χ3v) is 5.50. The van der Waals surface area contributed by atoms with Crippen LogP contribution < -0.4 is 10.2 Å². The Morgan fingerprint density at radius 3 is 2.72 bits per heavy atom. The van der Waals surface area contributed by atoms with Gasteiger partial charge in [0.25, 0.3) is 0 Å². The fraction of sp³-hybridized carbons (Fsp3) is 0.471. The number of ether oxygens (including phenoxy) is 1. The van der Waals surface area contributed by atoms with Gasteiger partial charge in [-0.1, -0.05) is 12.1 Å². The van der Waals surface area contributed by atoms with Crippen LogP contribution in [0.1, 0.15) is 19.3 Å². The van der Waals surface area contributed by atoms with E-state index in [-0.39, 0.29) is 24.8 Å². The summed E-state index contributed by atoms with van der Waals surface area (Å²) in [4.78, 5) is 38.5. The summed E-state index contributed by atoms with van der Waals surface area (Å²) >= 11 is 1.45. The van der Waals surface area contributed by atoms with Crippen molar-refractivity contribution in [1.29, 1.82) is 0 Å². The number of carbonyl (C=O) groups is 3. The molecular formula is C17H20N2O5S. The summed E-state index contributed by atoms with van der Waals surface area (Å²) in [6.45, 7) is 0.712. The van der Waals surface area contributed by atoms with Crippen LogP contribution in [0.2, 0.25) is 0 Å². The molecule has 2 amide bonds. The lowest BCUT2D eigenvalue weighted by molar-refractivity contribution is -0.140. The summed E-state index contributed by atoms with van der Waals surface area (Å²) in [6, 6.07) is 7.45. The molecule has 0 unspecified atom stereocenters. The summed E-state index contributed by atoms with van der Waals surface area (Å²) in [7, 11) is 0. The molecule has 1 fully saturated rings. The number of fused-ring (bicyclic) bond motifs is 1. The normalized spacial score (nSPS) is 19.2. The lowest BCUT2D eigenvalue weighted by Crippen LogP contribution is -2.56. The van der Waals surface area contributed by atoms with Crippen molar-refractivity contribution in [3.8, 4) is 0 Å². The van der Waals surface area contributed by atoms with Gasteiger partial charge in [-0.3, -0.25) is 14.4 Å². The summed E-state index contributed by atoms with van der Waals surface area (Å²) < 4.78 is 5.29. The second-order valence-electron chi connectivity index (χ2n) is 6.25. The number of para-hydroxylation sites is 1. The van der Waals surface area contributed by atoms with Crippen molar-refractivity contribution in [3.05, 3.63) is 24.3 Å². The smallest absolute Gasteiger partial charge is 0.305 e. The van der Waals surface area contributed by atoms with Crippen molar-refractivity contribution < 1.29 is 24.2 Å². The number of benzene rings is 1. The van der Waals surface area contributed by atoms with E-state index in [1.807, 2.05) is 24.3 Å². The van der Waals surface area contributed by atoms with Gasteiger partial charge in [0.15, 0.2) is 0 Å². The van der Waals surface area contributed by atoms with E-state index in [9.17, 15) is 19.5 Å². The molecule has 25 heavy (non-hydrogen) atoms. The average Bonchev–Trinajstić information content (AvgIpc) is 2.57. The van der Waals surface area contributed by atoms with Gasteiger partial charge in [-0.15, -0.1) is 11.8 Å². The van der Waals surface area contributed by atoms with Crippen molar-refractivity contribution in [2.24, 2.45) is 0 Å². The molecule has 7 nitrogen and oxygen atoms in total. The maximum Gasteiger partial charge on any atom is 0.305 e. The Morgan fingerprint density at radius 1 is 1.28 bits per heavy atom. The Bertz CT molecular complexity index is 687. The highest BCUT2D eigenvalue weighted by Gasteiger charge is 2.37. The first-order valence-corrected chi connectivity index (χ1v) is 9.10. The highest BCUT2D eigenvalue weighted by Crippen LogP contribution is 2.34. The van der Waals surface area contributed by atoms with E-state index in [4.69, 9.17) is 4.74 Å². The van der Waals surface area contributed by atoms with E-state index in [2.05, 4.69) is 5.32 Å². The number of rotatable bonds is 5. The molecular weight excluding hydrogens is 344 g/mol. The van der Waals surface area contributed by atoms with Crippen LogP contribution in [0.15, 0.2) is 29.2 Å².